The fourth-order valence-corrected chi connectivity index (χ4v) is 8.20. The van der Waals surface area contributed by atoms with Crippen LogP contribution in [-0.2, 0) is 4.74 Å². The first kappa shape index (κ1) is 28.2. The van der Waals surface area contributed by atoms with Gasteiger partial charge >= 0.3 is 6.03 Å². The second-order valence-electron chi connectivity index (χ2n) is 12.7. The third-order valence-electron chi connectivity index (χ3n) is 10.7. The van der Waals surface area contributed by atoms with E-state index >= 15 is 0 Å². The van der Waals surface area contributed by atoms with E-state index in [2.05, 4.69) is 31.3 Å². The number of nitrogens with one attached hydrogen (secondary N) is 1. The summed E-state index contributed by atoms with van der Waals surface area (Å²) in [5, 5.41) is 25.6. The Labute approximate surface area is 233 Å². The highest BCUT2D eigenvalue weighted by molar-refractivity contribution is 5.89. The highest BCUT2D eigenvalue weighted by Crippen LogP contribution is 2.66. The Morgan fingerprint density at radius 2 is 1.79 bits per heavy atom. The molecular weight excluding hydrogens is 492 g/mol. The van der Waals surface area contributed by atoms with Crippen LogP contribution >= 0.6 is 0 Å². The fraction of sp³-hybridized carbons (Fsp3) is 0.656. The van der Waals surface area contributed by atoms with Gasteiger partial charge in [-0.1, -0.05) is 37.1 Å². The van der Waals surface area contributed by atoms with Crippen LogP contribution in [0.25, 0.3) is 0 Å². The zero-order chi connectivity index (χ0) is 27.8. The van der Waals surface area contributed by atoms with Gasteiger partial charge in [-0.2, -0.15) is 0 Å². The molecule has 6 atom stereocenters. The maximum absolute atomic E-state index is 13.5. The Kier molecular flexibility index (Phi) is 7.88. The van der Waals surface area contributed by atoms with Gasteiger partial charge in [0.2, 0.25) is 0 Å². The van der Waals surface area contributed by atoms with Crippen molar-refractivity contribution in [3.8, 4) is 5.75 Å². The first-order valence-electron chi connectivity index (χ1n) is 14.6. The molecule has 5 rings (SSSR count). The van der Waals surface area contributed by atoms with E-state index < -0.39 is 5.60 Å². The van der Waals surface area contributed by atoms with Crippen molar-refractivity contribution >= 4 is 11.7 Å². The molecule has 1 aromatic rings. The number of hydrogen-bond acceptors (Lipinski definition) is 5. The Morgan fingerprint density at radius 3 is 2.51 bits per heavy atom. The summed E-state index contributed by atoms with van der Waals surface area (Å²) in [7, 11) is 3.29. The first-order valence-corrected chi connectivity index (χ1v) is 14.6. The first-order chi connectivity index (χ1) is 18.6. The highest BCUT2D eigenvalue weighted by Gasteiger charge is 2.62. The van der Waals surface area contributed by atoms with Crippen molar-refractivity contribution in [1.29, 1.82) is 0 Å². The molecule has 214 valence electrons. The lowest BCUT2D eigenvalue weighted by molar-refractivity contribution is -0.0962. The topological polar surface area (TPSA) is 91.3 Å². The van der Waals surface area contributed by atoms with Crippen LogP contribution in [0.4, 0.5) is 10.5 Å². The third kappa shape index (κ3) is 5.02. The molecule has 7 nitrogen and oxygen atoms in total. The largest absolute Gasteiger partial charge is 0.497 e. The maximum atomic E-state index is 13.5. The van der Waals surface area contributed by atoms with E-state index in [4.69, 9.17) is 9.47 Å². The van der Waals surface area contributed by atoms with Crippen molar-refractivity contribution in [3.63, 3.8) is 0 Å². The molecule has 3 N–H and O–H groups in total. The normalized spacial score (nSPS) is 35.2. The van der Waals surface area contributed by atoms with Gasteiger partial charge in [-0.3, -0.25) is 0 Å². The summed E-state index contributed by atoms with van der Waals surface area (Å²) in [4.78, 5) is 15.3. The lowest BCUT2D eigenvalue weighted by Gasteiger charge is -2.56. The molecule has 39 heavy (non-hydrogen) atoms. The second-order valence-corrected chi connectivity index (χ2v) is 12.7. The van der Waals surface area contributed by atoms with Gasteiger partial charge in [-0.25, -0.2) is 4.79 Å². The Bertz CT molecular complexity index is 1120. The van der Waals surface area contributed by atoms with Crippen molar-refractivity contribution in [3.05, 3.63) is 47.6 Å². The van der Waals surface area contributed by atoms with E-state index in [9.17, 15) is 15.0 Å². The number of aliphatic hydroxyl groups is 2. The molecule has 0 saturated heterocycles. The molecule has 4 aliphatic rings. The quantitative estimate of drug-likeness (QED) is 0.378. The third-order valence-corrected chi connectivity index (χ3v) is 10.7. The molecular formula is C32H46N2O5. The van der Waals surface area contributed by atoms with Crippen LogP contribution in [0.5, 0.6) is 5.75 Å². The molecule has 3 fully saturated rings. The number of fused-ring (bicyclic) bond motifs is 5. The van der Waals surface area contributed by atoms with E-state index in [1.807, 2.05) is 24.3 Å². The number of anilines is 1. The predicted octanol–water partition coefficient (Wildman–Crippen LogP) is 5.54. The van der Waals surface area contributed by atoms with Gasteiger partial charge in [-0.05, 0) is 92.9 Å². The Morgan fingerprint density at radius 1 is 1.05 bits per heavy atom. The molecule has 0 spiro atoms. The SMILES string of the molecule is COCCCN(CC1(O)CCC2C3=CC=C4CC(O)CCC4(C)C3CCC21C)C(=O)Nc1ccc(OC)cc1. The number of ether oxygens (including phenoxy) is 2. The molecule has 0 radical (unpaired) electrons. The van der Waals surface area contributed by atoms with Crippen molar-refractivity contribution in [2.75, 3.05) is 39.2 Å². The molecule has 6 unspecified atom stereocenters. The van der Waals surface area contributed by atoms with E-state index in [0.717, 1.165) is 44.3 Å². The molecule has 4 aliphatic carbocycles. The van der Waals surface area contributed by atoms with E-state index in [0.29, 0.717) is 50.1 Å². The van der Waals surface area contributed by atoms with Gasteiger partial charge < -0.3 is 29.9 Å². The number of allylic oxidation sites excluding steroid dienone is 3. The summed E-state index contributed by atoms with van der Waals surface area (Å²) in [6.45, 7) is 6.02. The zero-order valence-corrected chi connectivity index (χ0v) is 24.0. The zero-order valence-electron chi connectivity index (χ0n) is 24.0. The van der Waals surface area contributed by atoms with Crippen LogP contribution < -0.4 is 10.1 Å². The Balaban J connectivity index is 1.36. The summed E-state index contributed by atoms with van der Waals surface area (Å²) >= 11 is 0. The summed E-state index contributed by atoms with van der Waals surface area (Å²) in [5.41, 5.74) is 2.41. The van der Waals surface area contributed by atoms with Crippen LogP contribution in [-0.4, -0.2) is 66.8 Å². The molecule has 0 aliphatic heterocycles. The van der Waals surface area contributed by atoms with Gasteiger partial charge in [0.05, 0.1) is 25.4 Å². The number of aliphatic hydroxyl groups excluding tert-OH is 1. The fourth-order valence-electron chi connectivity index (χ4n) is 8.20. The van der Waals surface area contributed by atoms with Crippen molar-refractivity contribution < 1.29 is 24.5 Å². The van der Waals surface area contributed by atoms with Crippen LogP contribution in [0.3, 0.4) is 0 Å². The average molecular weight is 539 g/mol. The lowest BCUT2D eigenvalue weighted by atomic mass is 9.50. The number of hydrogen-bond donors (Lipinski definition) is 3. The monoisotopic (exact) mass is 538 g/mol. The van der Waals surface area contributed by atoms with Gasteiger partial charge in [-0.15, -0.1) is 0 Å². The summed E-state index contributed by atoms with van der Waals surface area (Å²) in [5.74, 6) is 1.51. The number of urea groups is 1. The number of nitrogens with zero attached hydrogens (tertiary/aromatic N) is 1. The van der Waals surface area contributed by atoms with Crippen molar-refractivity contribution in [2.24, 2.45) is 22.7 Å². The maximum Gasteiger partial charge on any atom is 0.321 e. The molecule has 2 amide bonds. The summed E-state index contributed by atoms with van der Waals surface area (Å²) in [6.07, 6.45) is 11.3. The molecule has 7 heteroatoms. The van der Waals surface area contributed by atoms with Crippen molar-refractivity contribution in [1.82, 2.24) is 4.90 Å². The van der Waals surface area contributed by atoms with E-state index in [1.54, 1.807) is 19.1 Å². The highest BCUT2D eigenvalue weighted by atomic mass is 16.5. The van der Waals surface area contributed by atoms with Crippen LogP contribution in [0.2, 0.25) is 0 Å². The molecule has 0 heterocycles. The summed E-state index contributed by atoms with van der Waals surface area (Å²) in [6, 6.07) is 7.10. The van der Waals surface area contributed by atoms with Crippen molar-refractivity contribution in [2.45, 2.75) is 76.9 Å². The molecule has 1 aromatic carbocycles. The number of rotatable bonds is 8. The summed E-state index contributed by atoms with van der Waals surface area (Å²) < 4.78 is 10.5. The minimum Gasteiger partial charge on any atom is -0.497 e. The standard InChI is InChI=1S/C32H46N2O5/c1-30-15-12-24(35)20-22(30)6-11-26-27(30)13-16-31(2)28(26)14-17-32(31,37)21-34(18-5-19-38-3)29(36)33-23-7-9-25(39-4)10-8-23/h6-11,24,27-28,35,37H,5,12-21H2,1-4H3,(H,33,36). The minimum atomic E-state index is -0.971. The molecule has 0 bridgehead atoms. The average Bonchev–Trinajstić information content (AvgIpc) is 3.19. The minimum absolute atomic E-state index is 0.107. The van der Waals surface area contributed by atoms with Gasteiger partial charge in [0, 0.05) is 31.4 Å². The lowest BCUT2D eigenvalue weighted by Crippen LogP contribution is -2.57. The number of carbonyl (C=O) groups excluding carboxylic acids is 1. The predicted molar refractivity (Wildman–Crippen MR) is 153 cm³/mol. The van der Waals surface area contributed by atoms with Gasteiger partial charge in [0.15, 0.2) is 0 Å². The Hall–Kier alpha value is -2.35. The number of carbonyl (C=O) groups is 1. The second kappa shape index (κ2) is 10.9. The van der Waals surface area contributed by atoms with Gasteiger partial charge in [0.25, 0.3) is 0 Å². The van der Waals surface area contributed by atoms with Crippen LogP contribution in [0, 0.1) is 22.7 Å². The molecule has 3 saturated carbocycles. The van der Waals surface area contributed by atoms with E-state index in [1.165, 1.54) is 11.1 Å². The number of amides is 2. The number of benzene rings is 1. The number of methoxy groups -OCH3 is 2. The smallest absolute Gasteiger partial charge is 0.321 e. The van der Waals surface area contributed by atoms with Crippen LogP contribution in [0.15, 0.2) is 47.6 Å². The van der Waals surface area contributed by atoms with Crippen LogP contribution in [0.1, 0.15) is 65.2 Å². The molecule has 0 aromatic heterocycles. The van der Waals surface area contributed by atoms with Gasteiger partial charge in [0.1, 0.15) is 5.75 Å². The van der Waals surface area contributed by atoms with E-state index in [-0.39, 0.29) is 23.0 Å².